The number of unbranched alkanes of at least 4 members (excludes halogenated alkanes) is 12. The number of Topliss-reactive ketones (excluding diaryl/α,β-unsaturated/α-hetero) is 5. The number of imidazole rings is 1. The molecule has 0 saturated heterocycles. The number of aliphatic carboxylic acids is 3. The maximum absolute atomic E-state index is 13.3. The van der Waals surface area contributed by atoms with Crippen molar-refractivity contribution in [1.82, 2.24) is 31.2 Å². The number of ketones is 5. The lowest BCUT2D eigenvalue weighted by Gasteiger charge is -2.25. The Morgan fingerprint density at radius 2 is 1.09 bits per heavy atom. The second kappa shape index (κ2) is 50.3. The highest BCUT2D eigenvalue weighted by atomic mass is 16.5. The number of hydrogen-bond donors (Lipinski definition) is 9. The molecule has 0 unspecified atom stereocenters. The number of aromatic amines is 1. The predicted octanol–water partition coefficient (Wildman–Crippen LogP) is 5.90. The zero-order valence-corrected chi connectivity index (χ0v) is 53.9. The molecule has 1 aromatic heterocycles. The maximum atomic E-state index is 13.3. The van der Waals surface area contributed by atoms with Gasteiger partial charge in [-0.2, -0.15) is 0 Å². The maximum Gasteiger partial charge on any atom is 0.326 e. The van der Waals surface area contributed by atoms with E-state index in [9.17, 15) is 72.9 Å². The summed E-state index contributed by atoms with van der Waals surface area (Å²) in [5.74, 6) is -8.04. The molecule has 90 heavy (non-hydrogen) atoms. The summed E-state index contributed by atoms with van der Waals surface area (Å²) in [4.78, 5) is 155. The number of carbonyl (C=O) groups is 12. The SMILES string of the molecule is CC(=O)[C@@H](NC(=O)[C@H](CCCCNC(=O)COCCOCCNC(=O)COCCOCCCC(=O)CC[C@H](NC(=O)CC[C@H](CC(=O)CCCCCCCCCCCCCCC(=O)O)C(=O)O)C(=O)O)CCC(=O)C(C)(C)CC(=O)CCc1cnc[nH]1)[C@@H](C)O. The van der Waals surface area contributed by atoms with Crippen molar-refractivity contribution in [2.24, 2.45) is 17.3 Å². The first-order valence-corrected chi connectivity index (χ1v) is 32.3. The minimum atomic E-state index is -1.36. The molecule has 26 heteroatoms. The van der Waals surface area contributed by atoms with E-state index in [4.69, 9.17) is 24.1 Å². The lowest BCUT2D eigenvalue weighted by atomic mass is 9.79. The van der Waals surface area contributed by atoms with Crippen molar-refractivity contribution in [3.63, 3.8) is 0 Å². The molecule has 1 heterocycles. The number of amides is 4. The molecule has 9 N–H and O–H groups in total. The molecule has 1 rings (SSSR count). The van der Waals surface area contributed by atoms with Crippen LogP contribution in [0.2, 0.25) is 0 Å². The summed E-state index contributed by atoms with van der Waals surface area (Å²) in [7, 11) is 0. The van der Waals surface area contributed by atoms with Crippen molar-refractivity contribution in [2.75, 3.05) is 65.9 Å². The number of aliphatic hydroxyl groups is 1. The van der Waals surface area contributed by atoms with Gasteiger partial charge in [0.15, 0.2) is 5.78 Å². The molecule has 0 spiro atoms. The Morgan fingerprint density at radius 1 is 0.533 bits per heavy atom. The summed E-state index contributed by atoms with van der Waals surface area (Å²) in [5, 5.41) is 48.5. The van der Waals surface area contributed by atoms with Crippen molar-refractivity contribution in [2.45, 2.75) is 232 Å². The molecule has 0 aliphatic heterocycles. The van der Waals surface area contributed by atoms with E-state index >= 15 is 0 Å². The van der Waals surface area contributed by atoms with E-state index in [1.54, 1.807) is 20.0 Å². The van der Waals surface area contributed by atoms with Crippen LogP contribution in [-0.4, -0.2) is 185 Å². The normalized spacial score (nSPS) is 13.1. The zero-order chi connectivity index (χ0) is 67.0. The molecule has 26 nitrogen and oxygen atoms in total. The number of nitrogens with zero attached hydrogens (tertiary/aromatic N) is 1. The smallest absolute Gasteiger partial charge is 0.326 e. The molecule has 0 radical (unpaired) electrons. The number of hydrogen-bond acceptors (Lipinski definition) is 18. The fraction of sp³-hybridized carbons (Fsp3) is 0.766. The number of carboxylic acid groups (broad SMARTS) is 3. The molecule has 5 atom stereocenters. The quantitative estimate of drug-likeness (QED) is 0.0343. The van der Waals surface area contributed by atoms with Crippen LogP contribution in [0.1, 0.15) is 213 Å². The summed E-state index contributed by atoms with van der Waals surface area (Å²) < 4.78 is 21.6. The van der Waals surface area contributed by atoms with E-state index in [0.29, 0.717) is 45.1 Å². The van der Waals surface area contributed by atoms with Crippen LogP contribution in [-0.2, 0) is 82.9 Å². The molecule has 0 aromatic carbocycles. The Labute approximate surface area is 530 Å². The van der Waals surface area contributed by atoms with Gasteiger partial charge in [0.2, 0.25) is 23.6 Å². The van der Waals surface area contributed by atoms with Gasteiger partial charge in [0.25, 0.3) is 0 Å². The second-order valence-electron chi connectivity index (χ2n) is 23.8. The number of rotatable bonds is 61. The van der Waals surface area contributed by atoms with Crippen molar-refractivity contribution in [3.8, 4) is 0 Å². The number of H-pyrrole nitrogens is 1. The number of aliphatic hydroxyl groups excluding tert-OH is 1. The molecule has 0 aliphatic rings. The predicted molar refractivity (Wildman–Crippen MR) is 331 cm³/mol. The van der Waals surface area contributed by atoms with Crippen LogP contribution in [0.4, 0.5) is 0 Å². The van der Waals surface area contributed by atoms with E-state index in [0.717, 1.165) is 76.3 Å². The van der Waals surface area contributed by atoms with Gasteiger partial charge in [-0.05, 0) is 71.6 Å². The third kappa shape index (κ3) is 43.4. The number of ether oxygens (including phenoxy) is 4. The molecule has 0 bridgehead atoms. The first-order chi connectivity index (χ1) is 42.9. The number of aryl methyl sites for hydroxylation is 1. The fourth-order valence-corrected chi connectivity index (χ4v) is 9.82. The van der Waals surface area contributed by atoms with Gasteiger partial charge in [-0.1, -0.05) is 84.5 Å². The standard InChI is InChI=1S/C64H106N6O20/c1-46(71)60(47(2)72)70-61(82)48(24-30-55(76)64(3,4)41-53(75)27-26-50-42-65-45-68-50)20-17-18-32-66-57(78)43-90-39-37-88-35-33-67-58(79)44-89-38-36-87-34-19-22-51(73)28-29-54(63(85)86)69-56(77)31-25-49(62(83)84)40-52(74)21-15-13-11-9-7-5-6-8-10-12-14-16-23-59(80)81/h42,45-46,48-49,54,60,71H,5-41,43-44H2,1-4H3,(H,65,68)(H,66,78)(H,67,79)(H,69,77)(H,70,82)(H,80,81)(H,83,84)(H,85,86)/t46-,48-,49-,54+,60+/m1/s1. The van der Waals surface area contributed by atoms with Gasteiger partial charge in [0.1, 0.15) is 48.4 Å². The van der Waals surface area contributed by atoms with Crippen LogP contribution in [0.25, 0.3) is 0 Å². The molecule has 0 aliphatic carbocycles. The van der Waals surface area contributed by atoms with Crippen LogP contribution < -0.4 is 21.3 Å². The molecule has 0 fully saturated rings. The van der Waals surface area contributed by atoms with Crippen LogP contribution in [0.15, 0.2) is 12.5 Å². The van der Waals surface area contributed by atoms with Crippen molar-refractivity contribution in [1.29, 1.82) is 0 Å². The highest BCUT2D eigenvalue weighted by Crippen LogP contribution is 2.28. The third-order valence-electron chi connectivity index (χ3n) is 15.2. The van der Waals surface area contributed by atoms with Gasteiger partial charge in [0, 0.05) is 101 Å². The Morgan fingerprint density at radius 3 is 1.64 bits per heavy atom. The van der Waals surface area contributed by atoms with Gasteiger partial charge in [-0.15, -0.1) is 0 Å². The van der Waals surface area contributed by atoms with E-state index in [1.165, 1.54) is 20.2 Å². The Bertz CT molecular complexity index is 2290. The van der Waals surface area contributed by atoms with Gasteiger partial charge in [0.05, 0.1) is 51.4 Å². The highest BCUT2D eigenvalue weighted by molar-refractivity contribution is 5.92. The topological polar surface area (TPSA) is 399 Å². The number of aromatic nitrogens is 2. The van der Waals surface area contributed by atoms with Crippen molar-refractivity contribution >= 4 is 70.5 Å². The van der Waals surface area contributed by atoms with Gasteiger partial charge in [-0.3, -0.25) is 52.7 Å². The average molecular weight is 1280 g/mol. The minimum Gasteiger partial charge on any atom is -0.481 e. The summed E-state index contributed by atoms with van der Waals surface area (Å²) in [6, 6.07) is -2.46. The van der Waals surface area contributed by atoms with E-state index in [2.05, 4.69) is 31.2 Å². The molecule has 0 saturated carbocycles. The van der Waals surface area contributed by atoms with Gasteiger partial charge in [-0.25, -0.2) is 9.78 Å². The monoisotopic (exact) mass is 1280 g/mol. The molecule has 512 valence electrons. The summed E-state index contributed by atoms with van der Waals surface area (Å²) >= 11 is 0. The number of nitrogens with one attached hydrogen (secondary N) is 5. The van der Waals surface area contributed by atoms with Gasteiger partial charge < -0.3 is 65.6 Å². The summed E-state index contributed by atoms with van der Waals surface area (Å²) in [6.45, 7) is 7.02. The molecular weight excluding hydrogens is 1170 g/mol. The summed E-state index contributed by atoms with van der Waals surface area (Å²) in [6.07, 6.45) is 16.3. The largest absolute Gasteiger partial charge is 0.481 e. The summed E-state index contributed by atoms with van der Waals surface area (Å²) in [5.41, 5.74) is -0.134. The van der Waals surface area contributed by atoms with Crippen LogP contribution in [0, 0.1) is 17.3 Å². The van der Waals surface area contributed by atoms with E-state index in [-0.39, 0.29) is 171 Å². The second-order valence-corrected chi connectivity index (χ2v) is 23.8. The lowest BCUT2D eigenvalue weighted by molar-refractivity contribution is -0.145. The van der Waals surface area contributed by atoms with E-state index in [1.807, 2.05) is 0 Å². The Balaban J connectivity index is 2.17. The first-order valence-electron chi connectivity index (χ1n) is 32.3. The Hall–Kier alpha value is -6.35. The lowest BCUT2D eigenvalue weighted by Crippen LogP contribution is -2.48. The number of carboxylic acids is 3. The van der Waals surface area contributed by atoms with Crippen molar-refractivity contribution in [3.05, 3.63) is 18.2 Å². The van der Waals surface area contributed by atoms with E-state index < -0.39 is 70.9 Å². The highest BCUT2D eigenvalue weighted by Gasteiger charge is 2.33. The average Bonchev–Trinajstić information content (AvgIpc) is 3.12. The minimum absolute atomic E-state index is 0.0273. The molecule has 4 amide bonds. The molecule has 1 aromatic rings. The molecular formula is C64H106N6O20. The first kappa shape index (κ1) is 81.7. The Kier molecular flexibility index (Phi) is 45.7. The number of carbonyl (C=O) groups excluding carboxylic acids is 9. The third-order valence-corrected chi connectivity index (χ3v) is 15.2. The van der Waals surface area contributed by atoms with Crippen LogP contribution in [0.5, 0.6) is 0 Å². The fourth-order valence-electron chi connectivity index (χ4n) is 9.82. The van der Waals surface area contributed by atoms with Crippen LogP contribution >= 0.6 is 0 Å². The zero-order valence-electron chi connectivity index (χ0n) is 53.9. The van der Waals surface area contributed by atoms with Crippen LogP contribution in [0.3, 0.4) is 0 Å². The van der Waals surface area contributed by atoms with Gasteiger partial charge >= 0.3 is 17.9 Å². The van der Waals surface area contributed by atoms with Crippen molar-refractivity contribution < 1.29 is 96.9 Å².